The quantitative estimate of drug-likeness (QED) is 0.402. The molecule has 0 aliphatic heterocycles. The number of para-hydroxylation sites is 1. The Morgan fingerprint density at radius 2 is 1.91 bits per heavy atom. The zero-order valence-corrected chi connectivity index (χ0v) is 18.8. The standard InChI is InChI=1S/C24H26F2N2O6/c1-15(2)13-32-21-11-16(7-8-20(21)34-24(25)26)23-28-17(14-33-23)12-27-22(30)18-5-3-4-6-19(18)31-10-9-29/h3-8,11,14-15,24,29H,9-10,12-13H2,1-2H3,(H,27,30). The molecule has 1 heterocycles. The van der Waals surface area contributed by atoms with Crippen molar-refractivity contribution in [2.24, 2.45) is 5.92 Å². The van der Waals surface area contributed by atoms with Crippen LogP contribution in [0.15, 0.2) is 53.1 Å². The van der Waals surface area contributed by atoms with Crippen LogP contribution in [-0.4, -0.2) is 42.4 Å². The molecule has 0 saturated carbocycles. The van der Waals surface area contributed by atoms with Crippen LogP contribution in [0.1, 0.15) is 29.9 Å². The van der Waals surface area contributed by atoms with Gasteiger partial charge in [-0.25, -0.2) is 4.98 Å². The molecule has 0 aliphatic rings. The molecular formula is C24H26F2N2O6. The number of aliphatic hydroxyl groups excluding tert-OH is 1. The number of aliphatic hydroxyl groups is 1. The number of hydrogen-bond acceptors (Lipinski definition) is 7. The van der Waals surface area contributed by atoms with Gasteiger partial charge in [-0.3, -0.25) is 4.79 Å². The second-order valence-electron chi connectivity index (χ2n) is 7.64. The Kier molecular flexibility index (Phi) is 8.80. The molecule has 2 aromatic carbocycles. The number of benzene rings is 2. The zero-order valence-electron chi connectivity index (χ0n) is 18.8. The Morgan fingerprint density at radius 1 is 1.12 bits per heavy atom. The molecule has 0 spiro atoms. The molecule has 34 heavy (non-hydrogen) atoms. The monoisotopic (exact) mass is 476 g/mol. The molecular weight excluding hydrogens is 450 g/mol. The fourth-order valence-corrected chi connectivity index (χ4v) is 2.93. The van der Waals surface area contributed by atoms with E-state index < -0.39 is 6.61 Å². The smallest absolute Gasteiger partial charge is 0.387 e. The maximum atomic E-state index is 12.7. The van der Waals surface area contributed by atoms with E-state index in [4.69, 9.17) is 19.0 Å². The summed E-state index contributed by atoms with van der Waals surface area (Å²) >= 11 is 0. The van der Waals surface area contributed by atoms with Crippen molar-refractivity contribution in [2.45, 2.75) is 27.0 Å². The number of carbonyl (C=O) groups excluding carboxylic acids is 1. The molecule has 0 unspecified atom stereocenters. The first-order valence-corrected chi connectivity index (χ1v) is 10.6. The van der Waals surface area contributed by atoms with Crippen LogP contribution in [0, 0.1) is 5.92 Å². The van der Waals surface area contributed by atoms with Crippen LogP contribution in [0.2, 0.25) is 0 Å². The van der Waals surface area contributed by atoms with Crippen LogP contribution >= 0.6 is 0 Å². The minimum Gasteiger partial charge on any atom is -0.490 e. The van der Waals surface area contributed by atoms with E-state index in [1.54, 1.807) is 24.3 Å². The van der Waals surface area contributed by atoms with Gasteiger partial charge in [-0.15, -0.1) is 0 Å². The van der Waals surface area contributed by atoms with Crippen LogP contribution in [0.3, 0.4) is 0 Å². The highest BCUT2D eigenvalue weighted by atomic mass is 19.3. The molecule has 1 aromatic heterocycles. The Morgan fingerprint density at radius 3 is 2.65 bits per heavy atom. The maximum Gasteiger partial charge on any atom is 0.387 e. The summed E-state index contributed by atoms with van der Waals surface area (Å²) in [5.74, 6) is 0.457. The van der Waals surface area contributed by atoms with Gasteiger partial charge >= 0.3 is 6.61 Å². The lowest BCUT2D eigenvalue weighted by molar-refractivity contribution is -0.0515. The summed E-state index contributed by atoms with van der Waals surface area (Å²) < 4.78 is 46.5. The van der Waals surface area contributed by atoms with E-state index in [1.807, 2.05) is 13.8 Å². The van der Waals surface area contributed by atoms with Gasteiger partial charge in [0, 0.05) is 5.56 Å². The molecule has 8 nitrogen and oxygen atoms in total. The van der Waals surface area contributed by atoms with Crippen LogP contribution in [0.5, 0.6) is 17.2 Å². The minimum absolute atomic E-state index is 0.0704. The summed E-state index contributed by atoms with van der Waals surface area (Å²) in [5.41, 5.74) is 1.27. The van der Waals surface area contributed by atoms with Gasteiger partial charge in [-0.1, -0.05) is 26.0 Å². The van der Waals surface area contributed by atoms with Crippen LogP contribution < -0.4 is 19.5 Å². The zero-order chi connectivity index (χ0) is 24.5. The minimum atomic E-state index is -2.98. The van der Waals surface area contributed by atoms with Crippen LogP contribution in [0.25, 0.3) is 11.5 Å². The predicted molar refractivity (Wildman–Crippen MR) is 119 cm³/mol. The lowest BCUT2D eigenvalue weighted by Gasteiger charge is -2.14. The molecule has 3 rings (SSSR count). The molecule has 0 aliphatic carbocycles. The first-order valence-electron chi connectivity index (χ1n) is 10.6. The number of alkyl halides is 2. The average Bonchev–Trinajstić information content (AvgIpc) is 3.29. The molecule has 2 N–H and O–H groups in total. The van der Waals surface area contributed by atoms with E-state index in [2.05, 4.69) is 15.0 Å². The molecule has 0 bridgehead atoms. The van der Waals surface area contributed by atoms with Gasteiger partial charge < -0.3 is 29.1 Å². The highest BCUT2D eigenvalue weighted by molar-refractivity contribution is 5.96. The van der Waals surface area contributed by atoms with Gasteiger partial charge in [0.15, 0.2) is 11.5 Å². The van der Waals surface area contributed by atoms with Crippen molar-refractivity contribution in [1.82, 2.24) is 10.3 Å². The van der Waals surface area contributed by atoms with Gasteiger partial charge in [0.05, 0.1) is 31.0 Å². The maximum absolute atomic E-state index is 12.7. The molecule has 3 aromatic rings. The summed E-state index contributed by atoms with van der Waals surface area (Å²) in [6, 6.07) is 11.1. The SMILES string of the molecule is CC(C)COc1cc(-c2nc(CNC(=O)c3ccccc3OCCO)co2)ccc1OC(F)F. The van der Waals surface area contributed by atoms with E-state index in [0.717, 1.165) is 0 Å². The van der Waals surface area contributed by atoms with Gasteiger partial charge in [0.1, 0.15) is 18.6 Å². The number of halogens is 2. The van der Waals surface area contributed by atoms with Crippen LogP contribution in [-0.2, 0) is 6.54 Å². The fourth-order valence-electron chi connectivity index (χ4n) is 2.93. The Bertz CT molecular complexity index is 1090. The molecule has 1 amide bonds. The lowest BCUT2D eigenvalue weighted by Crippen LogP contribution is -2.23. The third-order valence-electron chi connectivity index (χ3n) is 4.44. The van der Waals surface area contributed by atoms with Gasteiger partial charge in [0.25, 0.3) is 5.91 Å². The van der Waals surface area contributed by atoms with Gasteiger partial charge in [-0.2, -0.15) is 8.78 Å². The number of carbonyl (C=O) groups is 1. The van der Waals surface area contributed by atoms with Gasteiger partial charge in [0.2, 0.25) is 5.89 Å². The highest BCUT2D eigenvalue weighted by Gasteiger charge is 2.17. The summed E-state index contributed by atoms with van der Waals surface area (Å²) in [7, 11) is 0. The first-order chi connectivity index (χ1) is 16.4. The predicted octanol–water partition coefficient (Wildman–Crippen LogP) is 4.28. The van der Waals surface area contributed by atoms with Crippen LogP contribution in [0.4, 0.5) is 8.78 Å². The normalized spacial score (nSPS) is 11.0. The van der Waals surface area contributed by atoms with E-state index >= 15 is 0 Å². The number of ether oxygens (including phenoxy) is 3. The first kappa shape index (κ1) is 25.0. The number of nitrogens with one attached hydrogen (secondary N) is 1. The Labute approximate surface area is 195 Å². The second kappa shape index (κ2) is 12.0. The topological polar surface area (TPSA) is 103 Å². The number of rotatable bonds is 12. The van der Waals surface area contributed by atoms with Crippen molar-refractivity contribution < 1.29 is 37.3 Å². The summed E-state index contributed by atoms with van der Waals surface area (Å²) in [6.07, 6.45) is 1.39. The van der Waals surface area contributed by atoms with E-state index in [-0.39, 0.29) is 49.0 Å². The number of aromatic nitrogens is 1. The summed E-state index contributed by atoms with van der Waals surface area (Å²) in [5, 5.41) is 11.7. The lowest BCUT2D eigenvalue weighted by atomic mass is 10.2. The number of hydrogen-bond donors (Lipinski definition) is 2. The summed E-state index contributed by atoms with van der Waals surface area (Å²) in [6.45, 7) is 1.18. The average molecular weight is 476 g/mol. The molecule has 0 saturated heterocycles. The van der Waals surface area contributed by atoms with E-state index in [0.29, 0.717) is 29.2 Å². The van der Waals surface area contributed by atoms with Gasteiger partial charge in [-0.05, 0) is 36.2 Å². The highest BCUT2D eigenvalue weighted by Crippen LogP contribution is 2.34. The molecule has 0 fully saturated rings. The van der Waals surface area contributed by atoms with Crippen molar-refractivity contribution in [2.75, 3.05) is 19.8 Å². The second-order valence-corrected chi connectivity index (χ2v) is 7.64. The number of amides is 1. The molecule has 0 radical (unpaired) electrons. The molecule has 0 atom stereocenters. The number of oxazole rings is 1. The Balaban J connectivity index is 1.70. The third kappa shape index (κ3) is 6.92. The van der Waals surface area contributed by atoms with Crippen molar-refractivity contribution in [1.29, 1.82) is 0 Å². The van der Waals surface area contributed by atoms with E-state index in [9.17, 15) is 13.6 Å². The fraction of sp³-hybridized carbons (Fsp3) is 0.333. The summed E-state index contributed by atoms with van der Waals surface area (Å²) in [4.78, 5) is 16.9. The third-order valence-corrected chi connectivity index (χ3v) is 4.44. The van der Waals surface area contributed by atoms with Crippen molar-refractivity contribution in [3.8, 4) is 28.7 Å². The Hall–Kier alpha value is -3.66. The van der Waals surface area contributed by atoms with Crippen molar-refractivity contribution in [3.63, 3.8) is 0 Å². The van der Waals surface area contributed by atoms with Crippen molar-refractivity contribution >= 4 is 5.91 Å². The number of nitrogens with zero attached hydrogens (tertiary/aromatic N) is 1. The molecule has 182 valence electrons. The van der Waals surface area contributed by atoms with E-state index in [1.165, 1.54) is 24.5 Å². The molecule has 10 heteroatoms. The largest absolute Gasteiger partial charge is 0.490 e. The van der Waals surface area contributed by atoms with Crippen molar-refractivity contribution in [3.05, 3.63) is 60.0 Å².